The molecule has 12 nitrogen and oxygen atoms in total. The second-order valence-electron chi connectivity index (χ2n) is 8.35. The van der Waals surface area contributed by atoms with E-state index < -0.39 is 28.5 Å². The Morgan fingerprint density at radius 1 is 1.37 bits per heavy atom. The van der Waals surface area contributed by atoms with Crippen LogP contribution in [-0.2, 0) is 20.9 Å². The summed E-state index contributed by atoms with van der Waals surface area (Å²) in [6, 6.07) is 2.51. The van der Waals surface area contributed by atoms with E-state index in [9.17, 15) is 24.4 Å². The number of hydrogen-bond acceptors (Lipinski definition) is 10. The maximum atomic E-state index is 13.0. The highest BCUT2D eigenvalue weighted by molar-refractivity contribution is 8.00. The minimum absolute atomic E-state index is 0.0576. The minimum Gasteiger partial charge on any atom is -0.410 e. The first-order valence-corrected chi connectivity index (χ1v) is 13.9. The third kappa shape index (κ3) is 5.24. The molecule has 0 radical (unpaired) electrons. The first kappa shape index (κ1) is 27.5. The van der Waals surface area contributed by atoms with Gasteiger partial charge in [0, 0.05) is 35.9 Å². The van der Waals surface area contributed by atoms with Gasteiger partial charge in [-0.1, -0.05) is 5.16 Å². The lowest BCUT2D eigenvalue weighted by atomic mass is 10.0. The van der Waals surface area contributed by atoms with Crippen molar-refractivity contribution in [2.24, 2.45) is 5.16 Å². The van der Waals surface area contributed by atoms with Gasteiger partial charge in [-0.05, 0) is 31.5 Å². The number of thioether (sulfide) groups is 1. The maximum absolute atomic E-state index is 13.0. The molecule has 4 N–H and O–H groups in total. The Kier molecular flexibility index (Phi) is 8.33. The Balaban J connectivity index is 1.52. The SMILES string of the molecule is CCN(CC)C(=O)c1ccc[n+](CC2=C(C(=O)Cl)N3C(=O)[C@@H](NC(=O)C(=NO)c4csc(N)n4)[C@@H]3SC2)c1. The molecular formula is C23H25ClN7O5S2+. The number of thiazole rings is 1. The number of anilines is 1. The number of oxime groups is 1. The van der Waals surface area contributed by atoms with Gasteiger partial charge in [-0.15, -0.1) is 23.1 Å². The smallest absolute Gasteiger partial charge is 0.276 e. The van der Waals surface area contributed by atoms with Crippen molar-refractivity contribution in [1.82, 2.24) is 20.1 Å². The molecule has 200 valence electrons. The van der Waals surface area contributed by atoms with Crippen molar-refractivity contribution in [2.45, 2.75) is 31.8 Å². The van der Waals surface area contributed by atoms with Gasteiger partial charge in [0.15, 0.2) is 29.8 Å². The quantitative estimate of drug-likeness (QED) is 0.0982. The van der Waals surface area contributed by atoms with Crippen LogP contribution in [0, 0.1) is 0 Å². The zero-order valence-corrected chi connectivity index (χ0v) is 22.8. The van der Waals surface area contributed by atoms with Crippen LogP contribution in [0.25, 0.3) is 0 Å². The number of halogens is 1. The first-order chi connectivity index (χ1) is 18.2. The van der Waals surface area contributed by atoms with Crippen LogP contribution in [-0.4, -0.2) is 78.9 Å². The summed E-state index contributed by atoms with van der Waals surface area (Å²) >= 11 is 8.34. The maximum Gasteiger partial charge on any atom is 0.276 e. The second-order valence-corrected chi connectivity index (χ2v) is 10.7. The molecule has 0 saturated carbocycles. The van der Waals surface area contributed by atoms with Crippen LogP contribution in [0.4, 0.5) is 5.13 Å². The van der Waals surface area contributed by atoms with Crippen molar-refractivity contribution in [3.8, 4) is 0 Å². The van der Waals surface area contributed by atoms with E-state index in [-0.39, 0.29) is 34.7 Å². The molecule has 0 unspecified atom stereocenters. The van der Waals surface area contributed by atoms with Gasteiger partial charge >= 0.3 is 0 Å². The zero-order valence-electron chi connectivity index (χ0n) is 20.5. The minimum atomic E-state index is -0.963. The molecule has 0 aliphatic carbocycles. The molecular weight excluding hydrogens is 554 g/mol. The van der Waals surface area contributed by atoms with E-state index in [2.05, 4.69) is 15.5 Å². The summed E-state index contributed by atoms with van der Waals surface area (Å²) < 4.78 is 1.76. The standard InChI is InChI=1S/C23H24ClN7O5S2/c1-3-30(4-2)20(34)12-6-5-7-29(8-12)9-13-10-37-22-16(21(35)31(22)17(13)18(24)32)27-19(33)15(28-36)14-11-38-23(25)26-14/h5-8,11,16,22H,3-4,9-10H2,1-2H3,(H3-,25,26,27,33,36)/p+1/t16-,22+/m1/s1. The molecule has 4 rings (SSSR count). The van der Waals surface area contributed by atoms with E-state index in [1.807, 2.05) is 13.8 Å². The number of nitrogens with one attached hydrogen (secondary N) is 1. The fraction of sp³-hybridized carbons (Fsp3) is 0.348. The molecule has 0 spiro atoms. The average molecular weight is 579 g/mol. The number of allylic oxidation sites excluding steroid dienone is 1. The number of nitrogens with two attached hydrogens (primary N) is 1. The molecule has 2 aromatic rings. The van der Waals surface area contributed by atoms with Crippen molar-refractivity contribution in [1.29, 1.82) is 0 Å². The Morgan fingerprint density at radius 3 is 2.71 bits per heavy atom. The molecule has 0 aromatic carbocycles. The number of nitrogen functional groups attached to an aromatic ring is 1. The summed E-state index contributed by atoms with van der Waals surface area (Å²) in [4.78, 5) is 57.8. The van der Waals surface area contributed by atoms with Crippen LogP contribution in [0.15, 0.2) is 46.3 Å². The van der Waals surface area contributed by atoms with Gasteiger partial charge in [0.25, 0.3) is 23.0 Å². The summed E-state index contributed by atoms with van der Waals surface area (Å²) in [5.74, 6) is -1.08. The van der Waals surface area contributed by atoms with Crippen LogP contribution in [0.3, 0.4) is 0 Å². The second kappa shape index (κ2) is 11.5. The molecule has 0 bridgehead atoms. The Morgan fingerprint density at radius 2 is 2.11 bits per heavy atom. The topological polar surface area (TPSA) is 162 Å². The van der Waals surface area contributed by atoms with E-state index in [4.69, 9.17) is 17.3 Å². The largest absolute Gasteiger partial charge is 0.410 e. The molecule has 38 heavy (non-hydrogen) atoms. The summed E-state index contributed by atoms with van der Waals surface area (Å²) in [6.45, 7) is 5.21. The number of hydrogen-bond donors (Lipinski definition) is 3. The molecule has 2 aromatic heterocycles. The number of pyridine rings is 1. The number of rotatable bonds is 9. The lowest BCUT2D eigenvalue weighted by molar-refractivity contribution is -0.689. The van der Waals surface area contributed by atoms with Crippen molar-refractivity contribution >= 4 is 68.5 Å². The molecule has 2 atom stereocenters. The van der Waals surface area contributed by atoms with E-state index in [1.165, 1.54) is 22.0 Å². The number of nitrogens with zero attached hydrogens (tertiary/aromatic N) is 5. The normalized spacial score (nSPS) is 19.1. The van der Waals surface area contributed by atoms with Crippen molar-refractivity contribution < 1.29 is 29.0 Å². The van der Waals surface area contributed by atoms with E-state index in [0.717, 1.165) is 11.3 Å². The van der Waals surface area contributed by atoms with E-state index >= 15 is 0 Å². The van der Waals surface area contributed by atoms with Crippen LogP contribution >= 0.6 is 34.7 Å². The Bertz CT molecular complexity index is 1360. The zero-order chi connectivity index (χ0) is 27.6. The molecule has 2 aliphatic rings. The van der Waals surface area contributed by atoms with Gasteiger partial charge in [-0.2, -0.15) is 0 Å². The number of amides is 3. The lowest BCUT2D eigenvalue weighted by Gasteiger charge is -2.49. The van der Waals surface area contributed by atoms with Gasteiger partial charge in [0.1, 0.15) is 28.4 Å². The summed E-state index contributed by atoms with van der Waals surface area (Å²) in [5.41, 5.74) is 6.44. The lowest BCUT2D eigenvalue weighted by Crippen LogP contribution is -2.71. The van der Waals surface area contributed by atoms with Crippen molar-refractivity contribution in [3.63, 3.8) is 0 Å². The monoisotopic (exact) mass is 578 g/mol. The van der Waals surface area contributed by atoms with Gasteiger partial charge in [-0.25, -0.2) is 9.55 Å². The third-order valence-corrected chi connectivity index (χ3v) is 8.32. The van der Waals surface area contributed by atoms with Crippen LogP contribution in [0.2, 0.25) is 0 Å². The van der Waals surface area contributed by atoms with Gasteiger partial charge < -0.3 is 21.2 Å². The highest BCUT2D eigenvalue weighted by Crippen LogP contribution is 2.41. The summed E-state index contributed by atoms with van der Waals surface area (Å²) in [5, 5.41) is 15.1. The Hall–Kier alpha value is -3.49. The van der Waals surface area contributed by atoms with Gasteiger partial charge in [0.05, 0.1) is 0 Å². The fourth-order valence-corrected chi connectivity index (χ4v) is 6.37. The fourth-order valence-electron chi connectivity index (χ4n) is 4.26. The number of fused-ring (bicyclic) bond motifs is 1. The molecule has 3 amide bonds. The van der Waals surface area contributed by atoms with Crippen LogP contribution < -0.4 is 15.6 Å². The molecule has 4 heterocycles. The van der Waals surface area contributed by atoms with Crippen LogP contribution in [0.5, 0.6) is 0 Å². The predicted molar refractivity (Wildman–Crippen MR) is 142 cm³/mol. The predicted octanol–water partition coefficient (Wildman–Crippen LogP) is 0.793. The van der Waals surface area contributed by atoms with E-state index in [0.29, 0.717) is 30.0 Å². The highest BCUT2D eigenvalue weighted by atomic mass is 35.5. The van der Waals surface area contributed by atoms with E-state index in [1.54, 1.807) is 34.0 Å². The van der Waals surface area contributed by atoms with Crippen LogP contribution in [0.1, 0.15) is 29.9 Å². The number of carbonyl (C=O) groups excluding carboxylic acids is 4. The number of aromatic nitrogens is 2. The summed E-state index contributed by atoms with van der Waals surface area (Å²) in [7, 11) is 0. The highest BCUT2D eigenvalue weighted by Gasteiger charge is 2.54. The van der Waals surface area contributed by atoms with Crippen molar-refractivity contribution in [3.05, 3.63) is 52.4 Å². The van der Waals surface area contributed by atoms with Crippen molar-refractivity contribution in [2.75, 3.05) is 24.6 Å². The van der Waals surface area contributed by atoms with Gasteiger partial charge in [0.2, 0.25) is 0 Å². The molecule has 1 fully saturated rings. The molecule has 1 saturated heterocycles. The summed E-state index contributed by atoms with van der Waals surface area (Å²) in [6.07, 6.45) is 3.46. The average Bonchev–Trinajstić information content (AvgIpc) is 3.33. The molecule has 2 aliphatic heterocycles. The number of β-lactam (4-membered cyclic amide) rings is 1. The first-order valence-electron chi connectivity index (χ1n) is 11.6. The Labute approximate surface area is 231 Å². The van der Waals surface area contributed by atoms with Gasteiger partial charge in [-0.3, -0.25) is 24.1 Å². The number of carbonyl (C=O) groups is 4. The third-order valence-electron chi connectivity index (χ3n) is 6.13. The molecule has 15 heteroatoms.